The number of hydrogen-bond acceptors (Lipinski definition) is 3. The number of fused-ring (bicyclic) bond motifs is 1. The first-order chi connectivity index (χ1) is 13.9. The Bertz CT molecular complexity index is 977. The Morgan fingerprint density at radius 1 is 1.17 bits per heavy atom. The Balaban J connectivity index is 1.77. The van der Waals surface area contributed by atoms with Crippen LogP contribution >= 0.6 is 0 Å². The molecule has 9 heteroatoms. The number of hydrogen-bond donors (Lipinski definition) is 2. The van der Waals surface area contributed by atoms with Crippen LogP contribution in [0.4, 0.5) is 29.3 Å². The quantitative estimate of drug-likeness (QED) is 0.730. The molecule has 159 valence electrons. The maximum Gasteiger partial charge on any atom is 0.333 e. The minimum Gasteiger partial charge on any atom is -0.427 e. The summed E-state index contributed by atoms with van der Waals surface area (Å²) in [4.78, 5) is 13.8. The molecule has 2 N–H and O–H groups in total. The van der Waals surface area contributed by atoms with Gasteiger partial charge in [0.15, 0.2) is 0 Å². The van der Waals surface area contributed by atoms with E-state index in [-0.39, 0.29) is 24.1 Å². The zero-order valence-electron chi connectivity index (χ0n) is 17.2. The van der Waals surface area contributed by atoms with Gasteiger partial charge >= 0.3 is 13.5 Å². The monoisotopic (exact) mass is 419 g/mol. The van der Waals surface area contributed by atoms with Crippen molar-refractivity contribution in [2.45, 2.75) is 45.3 Å². The van der Waals surface area contributed by atoms with Crippen LogP contribution in [0.15, 0.2) is 30.3 Å². The molecule has 30 heavy (non-hydrogen) atoms. The molecular weight excluding hydrogens is 396 g/mol. The number of amides is 2. The summed E-state index contributed by atoms with van der Waals surface area (Å²) in [5.74, 6) is -1.99. The number of nitrogens with zero attached hydrogens (tertiary/aromatic N) is 1. The third-order valence-corrected chi connectivity index (χ3v) is 5.49. The van der Waals surface area contributed by atoms with Gasteiger partial charge in [0.05, 0.1) is 22.6 Å². The molecule has 1 heterocycles. The minimum absolute atomic E-state index is 0.185. The van der Waals surface area contributed by atoms with Gasteiger partial charge in [0, 0.05) is 18.2 Å². The normalized spacial score (nSPS) is 13.9. The summed E-state index contributed by atoms with van der Waals surface area (Å²) in [7, 11) is 1.25. The highest BCUT2D eigenvalue weighted by molar-refractivity contribution is 6.47. The lowest BCUT2D eigenvalue weighted by molar-refractivity contribution is -0.0893. The first-order valence-electron chi connectivity index (χ1n) is 9.49. The molecule has 0 spiro atoms. The van der Waals surface area contributed by atoms with Crippen molar-refractivity contribution in [3.63, 3.8) is 0 Å². The Morgan fingerprint density at radius 3 is 2.53 bits per heavy atom. The standard InChI is InChI=1S/C21H23BF3N2O3/c1-20(2,29)21(3,4)30-22-14-6-8-17-13(18(14)25)9-10-27(17)19(28)26-16-11-12(23)5-7-15(16)24/h5-8,11,29H,9-10H2,1-4H3,(H,26,28). The largest absolute Gasteiger partial charge is 0.427 e. The average Bonchev–Trinajstić information content (AvgIpc) is 3.08. The van der Waals surface area contributed by atoms with Crippen LogP contribution in [0.25, 0.3) is 0 Å². The predicted octanol–water partition coefficient (Wildman–Crippen LogP) is 3.51. The molecule has 0 aliphatic carbocycles. The number of halogens is 3. The van der Waals surface area contributed by atoms with E-state index in [1.165, 1.54) is 18.4 Å². The summed E-state index contributed by atoms with van der Waals surface area (Å²) >= 11 is 0. The number of rotatable bonds is 5. The Kier molecular flexibility index (Phi) is 5.88. The van der Waals surface area contributed by atoms with Crippen LogP contribution in [0.5, 0.6) is 0 Å². The summed E-state index contributed by atoms with van der Waals surface area (Å²) in [6.07, 6.45) is 0.261. The second-order valence-electron chi connectivity index (χ2n) is 8.23. The van der Waals surface area contributed by atoms with Gasteiger partial charge in [-0.1, -0.05) is 6.07 Å². The molecule has 0 saturated heterocycles. The molecule has 2 amide bonds. The zero-order chi connectivity index (χ0) is 22.3. The van der Waals surface area contributed by atoms with E-state index >= 15 is 0 Å². The SMILES string of the molecule is CC(C)(O)C(C)(C)O[B]c1ccc2c(c1F)CCN2C(=O)Nc1cc(F)ccc1F. The van der Waals surface area contributed by atoms with Crippen molar-refractivity contribution in [3.05, 3.63) is 53.3 Å². The van der Waals surface area contributed by atoms with E-state index in [1.807, 2.05) is 0 Å². The van der Waals surface area contributed by atoms with Crippen molar-refractivity contribution in [1.29, 1.82) is 0 Å². The maximum absolute atomic E-state index is 15.0. The summed E-state index contributed by atoms with van der Waals surface area (Å²) in [5, 5.41) is 12.5. The van der Waals surface area contributed by atoms with Crippen molar-refractivity contribution in [2.75, 3.05) is 16.8 Å². The zero-order valence-corrected chi connectivity index (χ0v) is 17.2. The number of anilines is 2. The van der Waals surface area contributed by atoms with E-state index in [4.69, 9.17) is 4.65 Å². The molecule has 0 unspecified atom stereocenters. The molecule has 5 nitrogen and oxygen atoms in total. The highest BCUT2D eigenvalue weighted by atomic mass is 19.1. The van der Waals surface area contributed by atoms with Gasteiger partial charge in [-0.2, -0.15) is 0 Å². The summed E-state index contributed by atoms with van der Waals surface area (Å²) in [6, 6.07) is 5.09. The third-order valence-electron chi connectivity index (χ3n) is 5.49. The van der Waals surface area contributed by atoms with E-state index in [1.54, 1.807) is 33.8 Å². The van der Waals surface area contributed by atoms with E-state index < -0.39 is 34.7 Å². The number of nitrogens with one attached hydrogen (secondary N) is 1. The van der Waals surface area contributed by atoms with Gasteiger partial charge in [-0.25, -0.2) is 18.0 Å². The van der Waals surface area contributed by atoms with Crippen LogP contribution in [0.2, 0.25) is 0 Å². The highest BCUT2D eigenvalue weighted by Gasteiger charge is 2.36. The van der Waals surface area contributed by atoms with Gasteiger partial charge in [-0.15, -0.1) is 0 Å². The molecule has 1 aliphatic heterocycles. The number of benzene rings is 2. The van der Waals surface area contributed by atoms with Gasteiger partial charge in [-0.3, -0.25) is 4.90 Å². The van der Waals surface area contributed by atoms with E-state index in [0.717, 1.165) is 18.2 Å². The Labute approximate surface area is 174 Å². The molecule has 1 radical (unpaired) electrons. The summed E-state index contributed by atoms with van der Waals surface area (Å²) in [5.41, 5.74) is -1.55. The molecule has 3 rings (SSSR count). The fourth-order valence-electron chi connectivity index (χ4n) is 2.90. The topological polar surface area (TPSA) is 61.8 Å². The van der Waals surface area contributed by atoms with Crippen LogP contribution < -0.4 is 15.7 Å². The number of aliphatic hydroxyl groups is 1. The van der Waals surface area contributed by atoms with Crippen LogP contribution in [0.1, 0.15) is 33.3 Å². The van der Waals surface area contributed by atoms with Gasteiger partial charge in [-0.05, 0) is 57.8 Å². The summed E-state index contributed by atoms with van der Waals surface area (Å²) < 4.78 is 47.7. The first kappa shape index (κ1) is 22.2. The minimum atomic E-state index is -1.15. The lowest BCUT2D eigenvalue weighted by Crippen LogP contribution is -2.49. The van der Waals surface area contributed by atoms with Gasteiger partial charge in [0.25, 0.3) is 0 Å². The molecular formula is C21H23BF3N2O3. The third kappa shape index (κ3) is 4.32. The van der Waals surface area contributed by atoms with Crippen LogP contribution in [-0.4, -0.2) is 36.4 Å². The van der Waals surface area contributed by atoms with Crippen molar-refractivity contribution in [2.24, 2.45) is 0 Å². The number of urea groups is 1. The molecule has 0 fully saturated rings. The fraction of sp³-hybridized carbons (Fsp3) is 0.381. The second-order valence-corrected chi connectivity index (χ2v) is 8.23. The van der Waals surface area contributed by atoms with Crippen molar-refractivity contribution < 1.29 is 27.7 Å². The molecule has 0 atom stereocenters. The predicted molar refractivity (Wildman–Crippen MR) is 110 cm³/mol. The van der Waals surface area contributed by atoms with Gasteiger partial charge < -0.3 is 15.1 Å². The van der Waals surface area contributed by atoms with Crippen LogP contribution in [0, 0.1) is 17.5 Å². The Morgan fingerprint density at radius 2 is 1.87 bits per heavy atom. The van der Waals surface area contributed by atoms with E-state index in [9.17, 15) is 23.1 Å². The first-order valence-corrected chi connectivity index (χ1v) is 9.49. The fourth-order valence-corrected chi connectivity index (χ4v) is 2.90. The lowest BCUT2D eigenvalue weighted by Gasteiger charge is -2.37. The smallest absolute Gasteiger partial charge is 0.333 e. The Hall–Kier alpha value is -2.52. The highest BCUT2D eigenvalue weighted by Crippen LogP contribution is 2.31. The number of carbonyl (C=O) groups is 1. The molecule has 0 bridgehead atoms. The van der Waals surface area contributed by atoms with Crippen LogP contribution in [0.3, 0.4) is 0 Å². The lowest BCUT2D eigenvalue weighted by atomic mass is 9.81. The summed E-state index contributed by atoms with van der Waals surface area (Å²) in [6.45, 7) is 6.75. The van der Waals surface area contributed by atoms with Gasteiger partial charge in [0.1, 0.15) is 17.5 Å². The molecule has 2 aromatic carbocycles. The average molecular weight is 419 g/mol. The molecule has 1 aliphatic rings. The van der Waals surface area contributed by atoms with E-state index in [0.29, 0.717) is 11.3 Å². The van der Waals surface area contributed by atoms with Crippen molar-refractivity contribution >= 4 is 30.4 Å². The molecule has 0 saturated carbocycles. The van der Waals surface area contributed by atoms with Crippen molar-refractivity contribution in [3.8, 4) is 0 Å². The molecule has 2 aromatic rings. The van der Waals surface area contributed by atoms with Gasteiger partial charge in [0.2, 0.25) is 0 Å². The van der Waals surface area contributed by atoms with Crippen LogP contribution in [-0.2, 0) is 11.1 Å². The second kappa shape index (κ2) is 7.96. The number of carbonyl (C=O) groups excluding carboxylic acids is 1. The van der Waals surface area contributed by atoms with E-state index in [2.05, 4.69) is 5.32 Å². The molecule has 0 aromatic heterocycles. The maximum atomic E-state index is 15.0. The van der Waals surface area contributed by atoms with Crippen molar-refractivity contribution in [1.82, 2.24) is 0 Å².